The molecule has 1 aromatic heterocycles. The molecule has 0 radical (unpaired) electrons. The number of esters is 1. The van der Waals surface area contributed by atoms with Crippen LogP contribution in [-0.4, -0.2) is 19.0 Å². The number of halogens is 1. The molecule has 1 atom stereocenters. The third-order valence-corrected chi connectivity index (χ3v) is 5.57. The molecule has 0 spiro atoms. The molecule has 0 saturated carbocycles. The van der Waals surface area contributed by atoms with E-state index in [1.807, 2.05) is 5.38 Å². The number of nitrogens with one attached hydrogen (secondary N) is 1. The lowest BCUT2D eigenvalue weighted by atomic mass is 9.88. The molecule has 0 saturated heterocycles. The van der Waals surface area contributed by atoms with Crippen molar-refractivity contribution in [2.75, 3.05) is 12.4 Å². The fourth-order valence-corrected chi connectivity index (χ4v) is 4.38. The molecule has 2 aromatic rings. The average molecular weight is 364 g/mol. The maximum absolute atomic E-state index is 12.7. The van der Waals surface area contributed by atoms with Gasteiger partial charge in [-0.05, 0) is 48.9 Å². The lowest BCUT2D eigenvalue weighted by Gasteiger charge is -2.19. The van der Waals surface area contributed by atoms with Crippen LogP contribution in [0.4, 0.5) is 5.69 Å². The second kappa shape index (κ2) is 6.95. The number of anilines is 1. The minimum Gasteiger partial charge on any atom is -0.465 e. The lowest BCUT2D eigenvalue weighted by Crippen LogP contribution is -2.18. The number of hydrogen-bond donors (Lipinski definition) is 1. The molecule has 3 rings (SSSR count). The smallest absolute Gasteiger partial charge is 0.339 e. The largest absolute Gasteiger partial charge is 0.465 e. The first-order valence-electron chi connectivity index (χ1n) is 7.78. The van der Waals surface area contributed by atoms with Gasteiger partial charge in [0.05, 0.1) is 23.9 Å². The molecule has 126 valence electrons. The van der Waals surface area contributed by atoms with E-state index < -0.39 is 5.97 Å². The molecular weight excluding hydrogens is 346 g/mol. The van der Waals surface area contributed by atoms with Crippen LogP contribution in [-0.2, 0) is 17.6 Å². The van der Waals surface area contributed by atoms with Gasteiger partial charge in [-0.15, -0.1) is 11.3 Å². The Hall–Kier alpha value is -1.85. The van der Waals surface area contributed by atoms with Crippen molar-refractivity contribution in [1.29, 1.82) is 0 Å². The summed E-state index contributed by atoms with van der Waals surface area (Å²) in [6.45, 7) is 2.23. The number of benzene rings is 1. The Bertz CT molecular complexity index is 800. The second-order valence-corrected chi connectivity index (χ2v) is 7.44. The van der Waals surface area contributed by atoms with E-state index in [4.69, 9.17) is 16.3 Å². The predicted molar refractivity (Wildman–Crippen MR) is 96.3 cm³/mol. The summed E-state index contributed by atoms with van der Waals surface area (Å²) in [6, 6.07) is 4.71. The minimum absolute atomic E-state index is 0.213. The van der Waals surface area contributed by atoms with Crippen LogP contribution < -0.4 is 5.32 Å². The number of carbonyl (C=O) groups excluding carboxylic acids is 2. The highest BCUT2D eigenvalue weighted by atomic mass is 35.5. The summed E-state index contributed by atoms with van der Waals surface area (Å²) >= 11 is 7.64. The van der Waals surface area contributed by atoms with Crippen LogP contribution >= 0.6 is 22.9 Å². The molecular formula is C18H18ClNO3S. The number of ether oxygens (including phenoxy) is 1. The normalized spacial score (nSPS) is 16.4. The van der Waals surface area contributed by atoms with Gasteiger partial charge in [0.1, 0.15) is 0 Å². The number of methoxy groups -OCH3 is 1. The number of hydrogen-bond acceptors (Lipinski definition) is 4. The summed E-state index contributed by atoms with van der Waals surface area (Å²) in [5.74, 6) is -0.0662. The standard InChI is InChI=1S/C18H18ClNO3S/c1-10-3-5-12-14(9-24-16(12)7-10)17(21)20-15-8-11(19)4-6-13(15)18(22)23-2/h4,6,8-10H,3,5,7H2,1-2H3,(H,20,21). The van der Waals surface area contributed by atoms with E-state index in [0.29, 0.717) is 22.2 Å². The third kappa shape index (κ3) is 3.32. The highest BCUT2D eigenvalue weighted by molar-refractivity contribution is 7.10. The molecule has 1 amide bonds. The number of carbonyl (C=O) groups is 2. The van der Waals surface area contributed by atoms with Crippen LogP contribution in [0.2, 0.25) is 5.02 Å². The predicted octanol–water partition coefficient (Wildman–Crippen LogP) is 4.57. The minimum atomic E-state index is -0.511. The summed E-state index contributed by atoms with van der Waals surface area (Å²) in [4.78, 5) is 25.9. The summed E-state index contributed by atoms with van der Waals surface area (Å²) in [5.41, 5.74) is 2.48. The van der Waals surface area contributed by atoms with Gasteiger partial charge in [0, 0.05) is 15.3 Å². The zero-order valence-corrected chi connectivity index (χ0v) is 15.1. The summed E-state index contributed by atoms with van der Waals surface area (Å²) in [7, 11) is 1.30. The van der Waals surface area contributed by atoms with E-state index in [0.717, 1.165) is 24.8 Å². The van der Waals surface area contributed by atoms with Gasteiger partial charge in [0.25, 0.3) is 5.91 Å². The van der Waals surface area contributed by atoms with Gasteiger partial charge in [-0.3, -0.25) is 4.79 Å². The molecule has 0 bridgehead atoms. The Morgan fingerprint density at radius 3 is 2.88 bits per heavy atom. The van der Waals surface area contributed by atoms with Gasteiger partial charge in [-0.1, -0.05) is 18.5 Å². The molecule has 4 nitrogen and oxygen atoms in total. The molecule has 0 fully saturated rings. The highest BCUT2D eigenvalue weighted by Crippen LogP contribution is 2.33. The van der Waals surface area contributed by atoms with Crippen molar-refractivity contribution in [3.05, 3.63) is 50.2 Å². The van der Waals surface area contributed by atoms with Crippen LogP contribution in [0.3, 0.4) is 0 Å². The van der Waals surface area contributed by atoms with Crippen molar-refractivity contribution >= 4 is 40.5 Å². The van der Waals surface area contributed by atoms with Crippen LogP contribution in [0, 0.1) is 5.92 Å². The van der Waals surface area contributed by atoms with Crippen LogP contribution in [0.1, 0.15) is 44.5 Å². The molecule has 1 aliphatic rings. The Labute approximate surface area is 149 Å². The van der Waals surface area contributed by atoms with Gasteiger partial charge in [-0.2, -0.15) is 0 Å². The average Bonchev–Trinajstić information content (AvgIpc) is 2.97. The Kier molecular flexibility index (Phi) is 4.92. The molecule has 1 unspecified atom stereocenters. The van der Waals surface area contributed by atoms with Crippen LogP contribution in [0.5, 0.6) is 0 Å². The van der Waals surface area contributed by atoms with Gasteiger partial charge in [-0.25, -0.2) is 4.79 Å². The van der Waals surface area contributed by atoms with Crippen molar-refractivity contribution in [1.82, 2.24) is 0 Å². The maximum Gasteiger partial charge on any atom is 0.339 e. The topological polar surface area (TPSA) is 55.4 Å². The van der Waals surface area contributed by atoms with Crippen molar-refractivity contribution in [2.45, 2.75) is 26.2 Å². The van der Waals surface area contributed by atoms with E-state index in [9.17, 15) is 9.59 Å². The summed E-state index contributed by atoms with van der Waals surface area (Å²) < 4.78 is 4.76. The summed E-state index contributed by atoms with van der Waals surface area (Å²) in [5, 5.41) is 5.16. The number of rotatable bonds is 3. The van der Waals surface area contributed by atoms with E-state index in [1.54, 1.807) is 29.5 Å². The molecule has 1 aliphatic carbocycles. The number of thiophene rings is 1. The molecule has 1 heterocycles. The molecule has 1 aromatic carbocycles. The van der Waals surface area contributed by atoms with E-state index in [-0.39, 0.29) is 11.5 Å². The van der Waals surface area contributed by atoms with Crippen molar-refractivity contribution in [3.8, 4) is 0 Å². The van der Waals surface area contributed by atoms with Crippen molar-refractivity contribution < 1.29 is 14.3 Å². The number of amides is 1. The molecule has 1 N–H and O–H groups in total. The Morgan fingerprint density at radius 1 is 1.33 bits per heavy atom. The zero-order chi connectivity index (χ0) is 17.3. The van der Waals surface area contributed by atoms with Gasteiger partial charge in [0.15, 0.2) is 0 Å². The van der Waals surface area contributed by atoms with Crippen LogP contribution in [0.15, 0.2) is 23.6 Å². The van der Waals surface area contributed by atoms with Crippen molar-refractivity contribution in [3.63, 3.8) is 0 Å². The highest BCUT2D eigenvalue weighted by Gasteiger charge is 2.24. The monoisotopic (exact) mass is 363 g/mol. The van der Waals surface area contributed by atoms with Crippen molar-refractivity contribution in [2.24, 2.45) is 5.92 Å². The Balaban J connectivity index is 1.88. The zero-order valence-electron chi connectivity index (χ0n) is 13.5. The first-order valence-corrected chi connectivity index (χ1v) is 9.03. The Morgan fingerprint density at radius 2 is 2.12 bits per heavy atom. The summed E-state index contributed by atoms with van der Waals surface area (Å²) in [6.07, 6.45) is 3.04. The fraction of sp³-hybridized carbons (Fsp3) is 0.333. The van der Waals surface area contributed by atoms with Gasteiger partial charge in [0.2, 0.25) is 0 Å². The lowest BCUT2D eigenvalue weighted by molar-refractivity contribution is 0.0602. The van der Waals surface area contributed by atoms with E-state index in [1.165, 1.54) is 12.0 Å². The fourth-order valence-electron chi connectivity index (χ4n) is 2.97. The first kappa shape index (κ1) is 17.0. The number of fused-ring (bicyclic) bond motifs is 1. The molecule has 24 heavy (non-hydrogen) atoms. The molecule has 0 aliphatic heterocycles. The van der Waals surface area contributed by atoms with E-state index in [2.05, 4.69) is 12.2 Å². The quantitative estimate of drug-likeness (QED) is 0.813. The SMILES string of the molecule is COC(=O)c1ccc(Cl)cc1NC(=O)c1csc2c1CCC(C)C2. The van der Waals surface area contributed by atoms with Gasteiger partial charge >= 0.3 is 5.97 Å². The second-order valence-electron chi connectivity index (χ2n) is 6.03. The molecule has 6 heteroatoms. The van der Waals surface area contributed by atoms with Crippen LogP contribution in [0.25, 0.3) is 0 Å². The van der Waals surface area contributed by atoms with Gasteiger partial charge < -0.3 is 10.1 Å². The third-order valence-electron chi connectivity index (χ3n) is 4.28. The first-order chi connectivity index (χ1) is 11.5. The maximum atomic E-state index is 12.7. The van der Waals surface area contributed by atoms with E-state index >= 15 is 0 Å².